The number of amides is 10. The van der Waals surface area contributed by atoms with Crippen molar-refractivity contribution in [3.8, 4) is 0 Å². The number of aliphatic hydroxyl groups is 3. The monoisotopic (exact) mass is 1510 g/mol. The van der Waals surface area contributed by atoms with E-state index < -0.39 is 150 Å². The molecule has 107 heavy (non-hydrogen) atoms. The first-order valence-electron chi connectivity index (χ1n) is 35.5. The van der Waals surface area contributed by atoms with E-state index in [9.17, 15) is 49.2 Å². The van der Waals surface area contributed by atoms with Crippen LogP contribution >= 0.6 is 21.6 Å². The molecule has 1 aliphatic heterocycles. The van der Waals surface area contributed by atoms with E-state index in [4.69, 9.17) is 11.5 Å². The predicted molar refractivity (Wildman–Crippen MR) is 408 cm³/mol. The fourth-order valence-electron chi connectivity index (χ4n) is 11.9. The number of nitrogens with one attached hydrogen (secondary N) is 10. The van der Waals surface area contributed by atoms with Gasteiger partial charge in [-0.2, -0.15) is 0 Å². The van der Waals surface area contributed by atoms with Crippen LogP contribution in [0.4, 0.5) is 0 Å². The van der Waals surface area contributed by atoms with E-state index in [0.29, 0.717) is 47.2 Å². The van der Waals surface area contributed by atoms with Gasteiger partial charge in [-0.15, -0.1) is 0 Å². The number of hydrogen-bond acceptors (Lipinski definition) is 19. The lowest BCUT2D eigenvalue weighted by atomic mass is 9.98. The number of fused-ring (bicyclic) bond motifs is 1. The molecule has 574 valence electrons. The van der Waals surface area contributed by atoms with Crippen LogP contribution in [0.25, 0.3) is 10.8 Å². The molecular weight excluding hydrogens is 1410 g/mol. The summed E-state index contributed by atoms with van der Waals surface area (Å²) in [4.78, 5) is 162. The van der Waals surface area contributed by atoms with Gasteiger partial charge in [0.05, 0.1) is 24.9 Å². The number of nitrogens with zero attached hydrogens (tertiary/aromatic N) is 1. The van der Waals surface area contributed by atoms with Gasteiger partial charge in [-0.05, 0) is 83.8 Å². The van der Waals surface area contributed by atoms with E-state index >= 15 is 24.0 Å². The highest BCUT2D eigenvalue weighted by atomic mass is 33.1. The van der Waals surface area contributed by atoms with Crippen LogP contribution in [0.2, 0.25) is 0 Å². The van der Waals surface area contributed by atoms with Crippen molar-refractivity contribution in [1.29, 1.82) is 0 Å². The quantitative estimate of drug-likeness (QED) is 0.0349. The molecule has 6 aromatic rings. The minimum atomic E-state index is -1.91. The zero-order valence-electron chi connectivity index (χ0n) is 60.5. The summed E-state index contributed by atoms with van der Waals surface area (Å²) in [6.07, 6.45) is -3.62. The Balaban J connectivity index is 1.33. The lowest BCUT2D eigenvalue weighted by Crippen LogP contribution is -2.63. The Bertz CT molecular complexity index is 3960. The third kappa shape index (κ3) is 26.6. The molecule has 7 rings (SSSR count). The predicted octanol–water partition coefficient (Wildman–Crippen LogP) is 0.731. The topological polar surface area (TPSA) is 444 Å². The van der Waals surface area contributed by atoms with E-state index in [0.717, 1.165) is 49.7 Å². The Morgan fingerprint density at radius 1 is 0.467 bits per heavy atom. The standard InChI is InChI=1S/C77H99N13O15S2/c1-45(2)80-41-52-30-28-51(29-31-52)39-62-76(103)90(5)66(47(4)93)75(102)85-60(38-50-23-13-8-14-24-50)72(99)89-65(46(3)92)74(101)87-63(42-91)73(100)88-64(77(104)105)44-107-106-43-56(79)67(94)81-57(27-17-18-34-78)68(95)82-58(36-48-19-9-6-10-20-48)69(96)83-59(37-49-21-11-7-12-22-49)70(97)84-61(71(98)86-62)40-53-32-33-54-25-15-16-26-55(54)35-53/h6-16,19-26,28-33,35,45-47,56-66,80,91-93H,17-18,27,34,36-44,78-79H2,1-5H3,(H,81,94)(H,82,95)(H,83,96)(H,84,97)(H,85,102)(H,86,98)(H,87,101)(H,88,100)(H,89,99)(H,104,105)/t46-,47-,56+,57+,58+,59+,60+,61-,62+,63+,64+,65+,66-/m1/s1. The van der Waals surface area contributed by atoms with Crippen molar-refractivity contribution in [2.24, 2.45) is 11.5 Å². The minimum absolute atomic E-state index is 0.0310. The molecule has 28 nitrogen and oxygen atoms in total. The largest absolute Gasteiger partial charge is 0.480 e. The number of carbonyl (C=O) groups is 11. The Kier molecular flexibility index (Phi) is 33.6. The number of aliphatic carboxylic acids is 1. The fraction of sp³-hybridized carbons (Fsp3) is 0.416. The van der Waals surface area contributed by atoms with Gasteiger partial charge in [0.1, 0.15) is 60.4 Å². The van der Waals surface area contributed by atoms with Crippen molar-refractivity contribution in [3.63, 3.8) is 0 Å². The lowest BCUT2D eigenvalue weighted by Gasteiger charge is -2.34. The third-order valence-corrected chi connectivity index (χ3v) is 20.3. The summed E-state index contributed by atoms with van der Waals surface area (Å²) < 4.78 is 0. The molecule has 13 atom stereocenters. The summed E-state index contributed by atoms with van der Waals surface area (Å²) in [5.74, 6) is -11.8. The molecule has 0 radical (unpaired) electrons. The van der Waals surface area contributed by atoms with Crippen molar-refractivity contribution in [1.82, 2.24) is 58.1 Å². The summed E-state index contributed by atoms with van der Waals surface area (Å²) in [5, 5.41) is 72.0. The number of carboxylic acid groups (broad SMARTS) is 1. The number of carboxylic acids is 1. The number of benzene rings is 6. The van der Waals surface area contributed by atoms with Crippen molar-refractivity contribution in [2.45, 2.75) is 170 Å². The molecule has 10 amide bonds. The maximum Gasteiger partial charge on any atom is 0.327 e. The van der Waals surface area contributed by atoms with Crippen molar-refractivity contribution >= 4 is 97.4 Å². The molecule has 1 saturated heterocycles. The van der Waals surface area contributed by atoms with Gasteiger partial charge >= 0.3 is 5.97 Å². The number of hydrogen-bond donors (Lipinski definition) is 16. The molecule has 0 spiro atoms. The normalized spacial score (nSPS) is 23.6. The summed E-state index contributed by atoms with van der Waals surface area (Å²) in [6.45, 7) is 5.97. The second-order valence-corrected chi connectivity index (χ2v) is 29.4. The van der Waals surface area contributed by atoms with E-state index in [1.165, 1.54) is 14.0 Å². The van der Waals surface area contributed by atoms with Gasteiger partial charge in [-0.3, -0.25) is 47.9 Å². The molecular formula is C77H99N13O15S2. The SMILES string of the molecule is CC(C)NCc1ccc(C[C@@H]2NC(=O)[C@@H](Cc3ccc4ccccc4c3)NC(=O)[C@H](Cc3ccccc3)NC(=O)[C@H](Cc3ccccc3)NC(=O)[C@H](CCCCN)NC(=O)[C@@H](N)CSSC[C@@H](C(=O)O)NC(=O)[C@H](CO)NC(=O)[C@H]([C@@H](C)O)NC(=O)[C@H](Cc3ccccc3)NC(=O)[C@@H]([C@@H](C)O)N(C)C2=O)cc1. The molecule has 1 heterocycles. The van der Waals surface area contributed by atoms with E-state index in [-0.39, 0.29) is 62.6 Å². The highest BCUT2D eigenvalue weighted by Crippen LogP contribution is 2.24. The summed E-state index contributed by atoms with van der Waals surface area (Å²) in [7, 11) is 3.06. The van der Waals surface area contributed by atoms with Gasteiger partial charge in [0.25, 0.3) is 0 Å². The van der Waals surface area contributed by atoms with E-state index in [1.807, 2.05) is 62.4 Å². The first kappa shape index (κ1) is 84.5. The number of rotatable bonds is 21. The van der Waals surface area contributed by atoms with Crippen LogP contribution in [0.15, 0.2) is 158 Å². The van der Waals surface area contributed by atoms with Crippen molar-refractivity contribution in [2.75, 3.05) is 31.7 Å². The summed E-state index contributed by atoms with van der Waals surface area (Å²) >= 11 is 0. The smallest absolute Gasteiger partial charge is 0.327 e. The summed E-state index contributed by atoms with van der Waals surface area (Å²) in [5.41, 5.74) is 15.9. The number of aliphatic hydroxyl groups excluding tert-OH is 3. The van der Waals surface area contributed by atoms with Gasteiger partial charge in [0, 0.05) is 63.2 Å². The number of unbranched alkanes of at least 4 members (excludes halogenated alkanes) is 1. The average molecular weight is 1510 g/mol. The number of likely N-dealkylation sites (N-methyl/N-ethyl adjacent to an activating group) is 1. The number of nitrogens with two attached hydrogens (primary N) is 2. The molecule has 0 aromatic heterocycles. The molecule has 0 aliphatic carbocycles. The van der Waals surface area contributed by atoms with Crippen LogP contribution < -0.4 is 64.6 Å². The number of carbonyl (C=O) groups excluding carboxylic acids is 10. The highest BCUT2D eigenvalue weighted by Gasteiger charge is 2.41. The molecule has 18 N–H and O–H groups in total. The first-order chi connectivity index (χ1) is 51.2. The lowest BCUT2D eigenvalue weighted by molar-refractivity contribution is -0.146. The van der Waals surface area contributed by atoms with Crippen molar-refractivity contribution in [3.05, 3.63) is 191 Å². The van der Waals surface area contributed by atoms with Crippen LogP contribution in [-0.2, 0) is 91.4 Å². The van der Waals surface area contributed by atoms with Crippen LogP contribution in [0, 0.1) is 0 Å². The Morgan fingerprint density at radius 3 is 1.37 bits per heavy atom. The van der Waals surface area contributed by atoms with Crippen LogP contribution in [0.3, 0.4) is 0 Å². The zero-order valence-corrected chi connectivity index (χ0v) is 62.1. The highest BCUT2D eigenvalue weighted by molar-refractivity contribution is 8.76. The minimum Gasteiger partial charge on any atom is -0.480 e. The molecule has 0 bridgehead atoms. The molecule has 0 unspecified atom stereocenters. The average Bonchev–Trinajstić information content (AvgIpc) is 0.822. The third-order valence-electron chi connectivity index (χ3n) is 17.9. The second-order valence-electron chi connectivity index (χ2n) is 26.8. The van der Waals surface area contributed by atoms with Gasteiger partial charge in [-0.25, -0.2) is 4.79 Å². The summed E-state index contributed by atoms with van der Waals surface area (Å²) in [6, 6.07) is 28.4. The maximum atomic E-state index is 15.7. The van der Waals surface area contributed by atoms with Gasteiger partial charge in [0.2, 0.25) is 59.1 Å². The maximum absolute atomic E-state index is 15.7. The molecule has 6 aromatic carbocycles. The van der Waals surface area contributed by atoms with Crippen LogP contribution in [0.5, 0.6) is 0 Å². The Labute approximate surface area is 630 Å². The van der Waals surface area contributed by atoms with E-state index in [2.05, 4.69) is 53.2 Å². The zero-order chi connectivity index (χ0) is 77.7. The Morgan fingerprint density at radius 2 is 0.879 bits per heavy atom. The van der Waals surface area contributed by atoms with Crippen LogP contribution in [-0.4, -0.2) is 207 Å². The van der Waals surface area contributed by atoms with Gasteiger partial charge < -0.3 is 90.0 Å². The van der Waals surface area contributed by atoms with E-state index in [1.54, 1.807) is 109 Å². The molecule has 0 saturated carbocycles. The Hall–Kier alpha value is -9.79. The second kappa shape index (κ2) is 42.5. The first-order valence-corrected chi connectivity index (χ1v) is 38.0. The molecule has 1 fully saturated rings. The molecule has 1 aliphatic rings. The van der Waals surface area contributed by atoms with Crippen LogP contribution in [0.1, 0.15) is 80.3 Å². The van der Waals surface area contributed by atoms with Gasteiger partial charge in [0.15, 0.2) is 0 Å². The van der Waals surface area contributed by atoms with Gasteiger partial charge in [-0.1, -0.05) is 193 Å². The fourth-order valence-corrected chi connectivity index (χ4v) is 14.2. The molecule has 30 heteroatoms. The van der Waals surface area contributed by atoms with Crippen molar-refractivity contribution < 1.29 is 73.2 Å².